The smallest absolute Gasteiger partial charge is 0.234 e. The number of fused-ring (bicyclic) bond motifs is 1. The van der Waals surface area contributed by atoms with Crippen molar-refractivity contribution >= 4 is 5.91 Å². The summed E-state index contributed by atoms with van der Waals surface area (Å²) in [7, 11) is 1.67. The summed E-state index contributed by atoms with van der Waals surface area (Å²) in [4.78, 5) is 14.8. The maximum atomic E-state index is 12.6. The second kappa shape index (κ2) is 9.85. The molecular weight excluding hydrogens is 380 g/mol. The number of likely N-dealkylation sites (tertiary alicyclic amines) is 1. The van der Waals surface area contributed by atoms with Gasteiger partial charge in [-0.1, -0.05) is 24.3 Å². The minimum Gasteiger partial charge on any atom is -0.496 e. The summed E-state index contributed by atoms with van der Waals surface area (Å²) in [5.41, 5.74) is 2.30. The highest BCUT2D eigenvalue weighted by Gasteiger charge is 2.28. The fourth-order valence-corrected chi connectivity index (χ4v) is 4.27. The zero-order valence-electron chi connectivity index (χ0n) is 17.6. The van der Waals surface area contributed by atoms with Crippen molar-refractivity contribution in [2.45, 2.75) is 31.7 Å². The van der Waals surface area contributed by atoms with Crippen LogP contribution in [-0.2, 0) is 11.2 Å². The minimum absolute atomic E-state index is 0.0612. The van der Waals surface area contributed by atoms with Gasteiger partial charge in [-0.15, -0.1) is 0 Å². The monoisotopic (exact) mass is 410 g/mol. The molecule has 2 heterocycles. The van der Waals surface area contributed by atoms with Crippen molar-refractivity contribution in [3.05, 3.63) is 53.6 Å². The van der Waals surface area contributed by atoms with Gasteiger partial charge in [0.15, 0.2) is 11.5 Å². The standard InChI is InChI=1S/C24H30N2O4/c1-28-21-8-3-2-6-18(21)11-12-25-24(27)17-26-13-4-7-20(26)19-9-10-22-23(16-19)30-15-5-14-29-22/h2-3,6,8-10,16,20H,4-5,7,11-15,17H2,1H3,(H,25,27)/t20-/m0/s1. The molecule has 2 aliphatic rings. The van der Waals surface area contributed by atoms with Gasteiger partial charge in [0.25, 0.3) is 0 Å². The minimum atomic E-state index is 0.0612. The van der Waals surface area contributed by atoms with E-state index < -0.39 is 0 Å². The maximum Gasteiger partial charge on any atom is 0.234 e. The molecule has 0 aromatic heterocycles. The van der Waals surface area contributed by atoms with E-state index >= 15 is 0 Å². The predicted octanol–water partition coefficient (Wildman–Crippen LogP) is 3.35. The van der Waals surface area contributed by atoms with Crippen LogP contribution in [-0.4, -0.2) is 50.8 Å². The molecular formula is C24H30N2O4. The molecule has 0 saturated carbocycles. The van der Waals surface area contributed by atoms with Crippen LogP contribution in [0.3, 0.4) is 0 Å². The van der Waals surface area contributed by atoms with E-state index in [2.05, 4.69) is 22.3 Å². The molecule has 6 nitrogen and oxygen atoms in total. The highest BCUT2D eigenvalue weighted by Crippen LogP contribution is 2.37. The van der Waals surface area contributed by atoms with Gasteiger partial charge in [0.1, 0.15) is 5.75 Å². The van der Waals surface area contributed by atoms with E-state index in [9.17, 15) is 4.79 Å². The molecule has 4 rings (SSSR count). The summed E-state index contributed by atoms with van der Waals surface area (Å²) in [5, 5.41) is 3.06. The molecule has 2 aromatic rings. The third-order valence-corrected chi connectivity index (χ3v) is 5.78. The van der Waals surface area contributed by atoms with Crippen LogP contribution < -0.4 is 19.5 Å². The summed E-state index contributed by atoms with van der Waals surface area (Å²) < 4.78 is 17.0. The van der Waals surface area contributed by atoms with Crippen molar-refractivity contribution in [2.75, 3.05) is 40.0 Å². The van der Waals surface area contributed by atoms with E-state index in [0.29, 0.717) is 26.3 Å². The first-order chi connectivity index (χ1) is 14.7. The number of ether oxygens (including phenoxy) is 3. The van der Waals surface area contributed by atoms with Gasteiger partial charge in [-0.05, 0) is 55.1 Å². The summed E-state index contributed by atoms with van der Waals surface area (Å²) in [6.07, 6.45) is 3.79. The van der Waals surface area contributed by atoms with Gasteiger partial charge in [0, 0.05) is 19.0 Å². The van der Waals surface area contributed by atoms with Crippen LogP contribution in [0, 0.1) is 0 Å². The normalized spacial score (nSPS) is 18.6. The quantitative estimate of drug-likeness (QED) is 0.759. The molecule has 6 heteroatoms. The fourth-order valence-electron chi connectivity index (χ4n) is 4.27. The number of carbonyl (C=O) groups is 1. The fraction of sp³-hybridized carbons (Fsp3) is 0.458. The summed E-state index contributed by atoms with van der Waals surface area (Å²) in [5.74, 6) is 2.56. The third-order valence-electron chi connectivity index (χ3n) is 5.78. The van der Waals surface area contributed by atoms with E-state index in [-0.39, 0.29) is 11.9 Å². The molecule has 1 amide bonds. The lowest BCUT2D eigenvalue weighted by atomic mass is 10.0. The lowest BCUT2D eigenvalue weighted by Gasteiger charge is -2.25. The molecule has 1 saturated heterocycles. The first-order valence-electron chi connectivity index (χ1n) is 10.8. The Bertz CT molecular complexity index is 870. The van der Waals surface area contributed by atoms with Crippen LogP contribution in [0.4, 0.5) is 0 Å². The van der Waals surface area contributed by atoms with Crippen LogP contribution >= 0.6 is 0 Å². The average Bonchev–Trinajstić information content (AvgIpc) is 3.09. The Balaban J connectivity index is 1.32. The van der Waals surface area contributed by atoms with Crippen molar-refractivity contribution in [1.82, 2.24) is 10.2 Å². The third kappa shape index (κ3) is 4.87. The number of hydrogen-bond donors (Lipinski definition) is 1. The summed E-state index contributed by atoms with van der Waals surface area (Å²) in [6.45, 7) is 3.31. The number of amides is 1. The van der Waals surface area contributed by atoms with Gasteiger partial charge in [0.05, 0.1) is 26.9 Å². The molecule has 1 atom stereocenters. The van der Waals surface area contributed by atoms with Crippen molar-refractivity contribution in [3.63, 3.8) is 0 Å². The van der Waals surface area contributed by atoms with Crippen LogP contribution in [0.25, 0.3) is 0 Å². The van der Waals surface area contributed by atoms with Gasteiger partial charge < -0.3 is 19.5 Å². The Hall–Kier alpha value is -2.73. The molecule has 160 valence electrons. The zero-order chi connectivity index (χ0) is 20.8. The van der Waals surface area contributed by atoms with Crippen LogP contribution in [0.15, 0.2) is 42.5 Å². The van der Waals surface area contributed by atoms with E-state index in [1.54, 1.807) is 7.11 Å². The Kier molecular flexibility index (Phi) is 6.74. The number of carbonyl (C=O) groups excluding carboxylic acids is 1. The van der Waals surface area contributed by atoms with Crippen molar-refractivity contribution in [2.24, 2.45) is 0 Å². The number of hydrogen-bond acceptors (Lipinski definition) is 5. The predicted molar refractivity (Wildman–Crippen MR) is 115 cm³/mol. The molecule has 0 aliphatic carbocycles. The van der Waals surface area contributed by atoms with Crippen LogP contribution in [0.5, 0.6) is 17.2 Å². The average molecular weight is 411 g/mol. The number of rotatable bonds is 7. The number of nitrogens with zero attached hydrogens (tertiary/aromatic N) is 1. The van der Waals surface area contributed by atoms with E-state index in [1.807, 2.05) is 30.3 Å². The number of para-hydroxylation sites is 1. The van der Waals surface area contributed by atoms with Crippen molar-refractivity contribution in [3.8, 4) is 17.2 Å². The first kappa shape index (κ1) is 20.5. The van der Waals surface area contributed by atoms with Gasteiger partial charge in [-0.2, -0.15) is 0 Å². The van der Waals surface area contributed by atoms with E-state index in [1.165, 1.54) is 5.56 Å². The second-order valence-corrected chi connectivity index (χ2v) is 7.80. The topological polar surface area (TPSA) is 60.0 Å². The van der Waals surface area contributed by atoms with E-state index in [0.717, 1.165) is 55.0 Å². The van der Waals surface area contributed by atoms with Crippen LogP contribution in [0.2, 0.25) is 0 Å². The second-order valence-electron chi connectivity index (χ2n) is 7.80. The summed E-state index contributed by atoms with van der Waals surface area (Å²) >= 11 is 0. The number of methoxy groups -OCH3 is 1. The van der Waals surface area contributed by atoms with Gasteiger partial charge in [-0.3, -0.25) is 9.69 Å². The first-order valence-corrected chi connectivity index (χ1v) is 10.8. The molecule has 2 aliphatic heterocycles. The van der Waals surface area contributed by atoms with Gasteiger partial charge in [-0.25, -0.2) is 0 Å². The van der Waals surface area contributed by atoms with E-state index in [4.69, 9.17) is 14.2 Å². The van der Waals surface area contributed by atoms with Gasteiger partial charge >= 0.3 is 0 Å². The Morgan fingerprint density at radius 3 is 2.83 bits per heavy atom. The molecule has 0 bridgehead atoms. The molecule has 0 unspecified atom stereocenters. The van der Waals surface area contributed by atoms with Crippen LogP contribution in [0.1, 0.15) is 36.4 Å². The highest BCUT2D eigenvalue weighted by atomic mass is 16.5. The zero-order valence-corrected chi connectivity index (χ0v) is 17.6. The Labute approximate surface area is 178 Å². The Morgan fingerprint density at radius 1 is 1.13 bits per heavy atom. The molecule has 0 radical (unpaired) electrons. The van der Waals surface area contributed by atoms with Crippen molar-refractivity contribution < 1.29 is 19.0 Å². The highest BCUT2D eigenvalue weighted by molar-refractivity contribution is 5.78. The molecule has 30 heavy (non-hydrogen) atoms. The SMILES string of the molecule is COc1ccccc1CCNC(=O)CN1CCC[C@H]1c1ccc2c(c1)OCCCO2. The van der Waals surface area contributed by atoms with Gasteiger partial charge in [0.2, 0.25) is 5.91 Å². The Morgan fingerprint density at radius 2 is 1.97 bits per heavy atom. The van der Waals surface area contributed by atoms with Crippen molar-refractivity contribution in [1.29, 1.82) is 0 Å². The molecule has 2 aromatic carbocycles. The maximum absolute atomic E-state index is 12.6. The molecule has 1 N–H and O–H groups in total. The molecule has 0 spiro atoms. The lowest BCUT2D eigenvalue weighted by Crippen LogP contribution is -2.37. The largest absolute Gasteiger partial charge is 0.496 e. The lowest BCUT2D eigenvalue weighted by molar-refractivity contribution is -0.122. The number of benzene rings is 2. The number of nitrogens with one attached hydrogen (secondary N) is 1. The summed E-state index contributed by atoms with van der Waals surface area (Å²) in [6, 6.07) is 14.4. The molecule has 1 fully saturated rings.